The number of halogens is 1. The van der Waals surface area contributed by atoms with Gasteiger partial charge in [-0.2, -0.15) is 4.98 Å². The van der Waals surface area contributed by atoms with E-state index in [0.29, 0.717) is 9.36 Å². The Morgan fingerprint density at radius 2 is 2.31 bits per heavy atom. The molecule has 0 aliphatic heterocycles. The second-order valence-corrected chi connectivity index (χ2v) is 5.51. The van der Waals surface area contributed by atoms with Crippen LogP contribution in [-0.2, 0) is 11.2 Å². The molecule has 2 aromatic rings. The number of para-hydroxylation sites is 1. The van der Waals surface area contributed by atoms with Crippen LogP contribution in [0.3, 0.4) is 0 Å². The van der Waals surface area contributed by atoms with Crippen LogP contribution in [0.1, 0.15) is 0 Å². The summed E-state index contributed by atoms with van der Waals surface area (Å²) in [6, 6.07) is 5.58. The number of aromatic nitrogens is 1. The van der Waals surface area contributed by atoms with Gasteiger partial charge in [0, 0.05) is 11.2 Å². The SMILES string of the molecule is C[S+]([O-])c1nc2c(Cl)cccc2s1. The fourth-order valence-corrected chi connectivity index (χ4v) is 2.97. The Bertz CT molecular complexity index is 441. The van der Waals surface area contributed by atoms with E-state index in [4.69, 9.17) is 11.6 Å². The van der Waals surface area contributed by atoms with Crippen LogP contribution in [-0.4, -0.2) is 15.8 Å². The number of fused-ring (bicyclic) bond motifs is 1. The molecule has 0 bridgehead atoms. The molecule has 0 radical (unpaired) electrons. The van der Waals surface area contributed by atoms with Crippen LogP contribution in [0.25, 0.3) is 10.2 Å². The lowest BCUT2D eigenvalue weighted by Gasteiger charge is -1.95. The molecule has 0 fully saturated rings. The molecule has 68 valence electrons. The van der Waals surface area contributed by atoms with E-state index in [0.717, 1.165) is 10.2 Å². The maximum absolute atomic E-state index is 11.1. The van der Waals surface area contributed by atoms with Crippen molar-refractivity contribution in [1.29, 1.82) is 0 Å². The highest BCUT2D eigenvalue weighted by Gasteiger charge is 2.13. The van der Waals surface area contributed by atoms with Crippen molar-refractivity contribution in [2.75, 3.05) is 6.26 Å². The zero-order valence-corrected chi connectivity index (χ0v) is 9.17. The van der Waals surface area contributed by atoms with Crippen LogP contribution in [0.15, 0.2) is 22.5 Å². The minimum Gasteiger partial charge on any atom is -0.610 e. The Morgan fingerprint density at radius 3 is 2.92 bits per heavy atom. The zero-order chi connectivity index (χ0) is 9.42. The van der Waals surface area contributed by atoms with Gasteiger partial charge in [-0.1, -0.05) is 29.0 Å². The fraction of sp³-hybridized carbons (Fsp3) is 0.125. The Hall–Kier alpha value is -0.290. The van der Waals surface area contributed by atoms with Gasteiger partial charge in [-0.25, -0.2) is 0 Å². The van der Waals surface area contributed by atoms with Gasteiger partial charge in [0.25, 0.3) is 0 Å². The van der Waals surface area contributed by atoms with Gasteiger partial charge >= 0.3 is 4.34 Å². The number of rotatable bonds is 1. The number of benzene rings is 1. The summed E-state index contributed by atoms with van der Waals surface area (Å²) in [7, 11) is 0. The summed E-state index contributed by atoms with van der Waals surface area (Å²) in [6.45, 7) is 0. The van der Waals surface area contributed by atoms with Crippen molar-refractivity contribution < 1.29 is 4.55 Å². The first-order valence-corrected chi connectivity index (χ1v) is 6.32. The van der Waals surface area contributed by atoms with Gasteiger partial charge in [-0.05, 0) is 12.1 Å². The van der Waals surface area contributed by atoms with Gasteiger partial charge in [0.15, 0.2) is 0 Å². The first-order chi connectivity index (χ1) is 6.18. The molecule has 1 aromatic carbocycles. The lowest BCUT2D eigenvalue weighted by molar-refractivity contribution is 0.600. The van der Waals surface area contributed by atoms with Crippen molar-refractivity contribution in [3.8, 4) is 0 Å². The summed E-state index contributed by atoms with van der Waals surface area (Å²) in [4.78, 5) is 4.20. The van der Waals surface area contributed by atoms with E-state index in [-0.39, 0.29) is 0 Å². The molecule has 13 heavy (non-hydrogen) atoms. The predicted molar refractivity (Wildman–Crippen MR) is 57.0 cm³/mol. The maximum Gasteiger partial charge on any atom is 0.302 e. The van der Waals surface area contributed by atoms with Crippen molar-refractivity contribution in [1.82, 2.24) is 4.98 Å². The molecule has 0 amide bonds. The lowest BCUT2D eigenvalue weighted by atomic mass is 10.3. The second-order valence-electron chi connectivity index (χ2n) is 2.52. The molecule has 0 saturated heterocycles. The normalized spacial score (nSPS) is 13.5. The van der Waals surface area contributed by atoms with E-state index in [9.17, 15) is 4.55 Å². The fourth-order valence-electron chi connectivity index (χ4n) is 1.02. The molecular weight excluding hydrogens is 226 g/mol. The number of hydrogen-bond donors (Lipinski definition) is 0. The van der Waals surface area contributed by atoms with Gasteiger partial charge in [-0.3, -0.25) is 0 Å². The van der Waals surface area contributed by atoms with Crippen LogP contribution in [0.4, 0.5) is 0 Å². The van der Waals surface area contributed by atoms with E-state index >= 15 is 0 Å². The summed E-state index contributed by atoms with van der Waals surface area (Å²) in [6.07, 6.45) is 1.62. The Balaban J connectivity index is 2.68. The summed E-state index contributed by atoms with van der Waals surface area (Å²) in [5.74, 6) is 0. The largest absolute Gasteiger partial charge is 0.610 e. The zero-order valence-electron chi connectivity index (χ0n) is 6.78. The van der Waals surface area contributed by atoms with E-state index < -0.39 is 11.2 Å². The maximum atomic E-state index is 11.1. The highest BCUT2D eigenvalue weighted by Crippen LogP contribution is 2.29. The standard InChI is InChI=1S/C8H6ClNOS2/c1-13(11)8-10-7-5(9)3-2-4-6(7)12-8/h2-4H,1H3. The van der Waals surface area contributed by atoms with Gasteiger partial charge < -0.3 is 4.55 Å². The molecule has 0 N–H and O–H groups in total. The van der Waals surface area contributed by atoms with Crippen LogP contribution < -0.4 is 0 Å². The summed E-state index contributed by atoms with van der Waals surface area (Å²) in [5.41, 5.74) is 0.749. The van der Waals surface area contributed by atoms with Gasteiger partial charge in [0.1, 0.15) is 11.8 Å². The molecule has 1 heterocycles. The van der Waals surface area contributed by atoms with Crippen molar-refractivity contribution in [3.63, 3.8) is 0 Å². The third-order valence-electron chi connectivity index (χ3n) is 1.60. The number of thiazole rings is 1. The Morgan fingerprint density at radius 1 is 1.54 bits per heavy atom. The first-order valence-electron chi connectivity index (χ1n) is 3.57. The lowest BCUT2D eigenvalue weighted by Crippen LogP contribution is -1.94. The van der Waals surface area contributed by atoms with E-state index in [1.807, 2.05) is 12.1 Å². The quantitative estimate of drug-likeness (QED) is 0.708. The molecule has 1 unspecified atom stereocenters. The smallest absolute Gasteiger partial charge is 0.302 e. The monoisotopic (exact) mass is 231 g/mol. The summed E-state index contributed by atoms with van der Waals surface area (Å²) in [5, 5.41) is 0.616. The minimum atomic E-state index is -1.02. The van der Waals surface area contributed by atoms with Gasteiger partial charge in [0.05, 0.1) is 9.72 Å². The number of hydrogen-bond acceptors (Lipinski definition) is 3. The van der Waals surface area contributed by atoms with Crippen LogP contribution in [0, 0.1) is 0 Å². The van der Waals surface area contributed by atoms with Crippen molar-refractivity contribution >= 4 is 44.3 Å². The molecular formula is C8H6ClNOS2. The highest BCUT2D eigenvalue weighted by atomic mass is 35.5. The molecule has 2 nitrogen and oxygen atoms in total. The van der Waals surface area contributed by atoms with Crippen LogP contribution in [0.2, 0.25) is 5.02 Å². The van der Waals surface area contributed by atoms with E-state index in [1.165, 1.54) is 11.3 Å². The average Bonchev–Trinajstić information content (AvgIpc) is 2.49. The van der Waals surface area contributed by atoms with Gasteiger partial charge in [0.2, 0.25) is 0 Å². The molecule has 2 rings (SSSR count). The van der Waals surface area contributed by atoms with Gasteiger partial charge in [-0.15, -0.1) is 0 Å². The second kappa shape index (κ2) is 3.46. The first kappa shape index (κ1) is 9.27. The Kier molecular flexibility index (Phi) is 2.47. The molecule has 0 aliphatic rings. The topological polar surface area (TPSA) is 36.0 Å². The minimum absolute atomic E-state index is 0.616. The van der Waals surface area contributed by atoms with Crippen molar-refractivity contribution in [3.05, 3.63) is 23.2 Å². The molecule has 1 atom stereocenters. The number of nitrogens with zero attached hydrogens (tertiary/aromatic N) is 1. The Labute approximate surface area is 87.7 Å². The highest BCUT2D eigenvalue weighted by molar-refractivity contribution is 7.92. The van der Waals surface area contributed by atoms with E-state index in [2.05, 4.69) is 4.98 Å². The third kappa shape index (κ3) is 1.67. The molecule has 1 aromatic heterocycles. The predicted octanol–water partition coefficient (Wildman–Crippen LogP) is 2.69. The summed E-state index contributed by atoms with van der Waals surface area (Å²) < 4.78 is 12.8. The van der Waals surface area contributed by atoms with E-state index in [1.54, 1.807) is 12.3 Å². The average molecular weight is 232 g/mol. The summed E-state index contributed by atoms with van der Waals surface area (Å²) >= 11 is 6.32. The third-order valence-corrected chi connectivity index (χ3v) is 4.25. The molecule has 0 aliphatic carbocycles. The molecule has 5 heteroatoms. The van der Waals surface area contributed by atoms with Crippen LogP contribution in [0.5, 0.6) is 0 Å². The van der Waals surface area contributed by atoms with Crippen molar-refractivity contribution in [2.24, 2.45) is 0 Å². The van der Waals surface area contributed by atoms with Crippen LogP contribution >= 0.6 is 22.9 Å². The molecule has 0 spiro atoms. The van der Waals surface area contributed by atoms with Crippen molar-refractivity contribution in [2.45, 2.75) is 4.34 Å². The molecule has 0 saturated carbocycles.